The Morgan fingerprint density at radius 3 is 2.75 bits per heavy atom. The Bertz CT molecular complexity index is 414. The Morgan fingerprint density at radius 2 is 2.25 bits per heavy atom. The van der Waals surface area contributed by atoms with Crippen LogP contribution < -0.4 is 0 Å². The molecule has 0 fully saturated rings. The van der Waals surface area contributed by atoms with Crippen molar-refractivity contribution in [2.24, 2.45) is 0 Å². The second-order valence-corrected chi connectivity index (χ2v) is 3.72. The van der Waals surface area contributed by atoms with Gasteiger partial charge in [-0.15, -0.1) is 0 Å². The third-order valence-corrected chi connectivity index (χ3v) is 2.66. The van der Waals surface area contributed by atoms with Gasteiger partial charge in [0.05, 0.1) is 5.69 Å². The number of halogens is 4. The van der Waals surface area contributed by atoms with Crippen molar-refractivity contribution >= 4 is 28.0 Å². The number of nitrogens with zero attached hydrogens (tertiary/aromatic N) is 1. The normalized spacial score (nSPS) is 14.2. The molecule has 0 bridgehead atoms. The van der Waals surface area contributed by atoms with Gasteiger partial charge in [-0.3, -0.25) is 5.10 Å². The summed E-state index contributed by atoms with van der Waals surface area (Å²) < 4.78 is 37.1. The molecular formula is C8H6BrF3N2O2. The number of rotatable bonds is 3. The summed E-state index contributed by atoms with van der Waals surface area (Å²) in [7, 11) is 0. The van der Waals surface area contributed by atoms with Crippen LogP contribution in [0, 0.1) is 0 Å². The number of H-pyrrole nitrogens is 1. The summed E-state index contributed by atoms with van der Waals surface area (Å²) in [6.07, 6.45) is -1.69. The van der Waals surface area contributed by atoms with Crippen LogP contribution in [-0.4, -0.2) is 27.4 Å². The topological polar surface area (TPSA) is 66.0 Å². The minimum atomic E-state index is -4.46. The van der Waals surface area contributed by atoms with Crippen molar-refractivity contribution in [3.8, 4) is 0 Å². The third-order valence-electron chi connectivity index (χ3n) is 1.65. The molecule has 1 atom stereocenters. The van der Waals surface area contributed by atoms with E-state index in [1.807, 2.05) is 0 Å². The standard InChI is InChI=1S/C8H6BrF3N2O2/c9-7(8(10,11)12)4-3-13-14-5(4)1-2-6(15)16/h1-3,7H,(H,13,14)(H,15,16)/b2-1+. The molecule has 0 saturated heterocycles. The highest BCUT2D eigenvalue weighted by molar-refractivity contribution is 9.09. The number of aromatic amines is 1. The van der Waals surface area contributed by atoms with Crippen LogP contribution in [0.4, 0.5) is 13.2 Å². The van der Waals surface area contributed by atoms with Crippen LogP contribution in [0.25, 0.3) is 6.08 Å². The van der Waals surface area contributed by atoms with E-state index in [9.17, 15) is 18.0 Å². The molecule has 0 spiro atoms. The van der Waals surface area contributed by atoms with E-state index in [2.05, 4.69) is 26.1 Å². The molecule has 1 aromatic heterocycles. The maximum Gasteiger partial charge on any atom is 0.405 e. The Kier molecular flexibility index (Phi) is 3.74. The van der Waals surface area contributed by atoms with Gasteiger partial charge in [0.1, 0.15) is 4.83 Å². The highest BCUT2D eigenvalue weighted by atomic mass is 79.9. The molecule has 0 aliphatic carbocycles. The Hall–Kier alpha value is -1.31. The van der Waals surface area contributed by atoms with Gasteiger partial charge in [-0.2, -0.15) is 18.3 Å². The van der Waals surface area contributed by atoms with Gasteiger partial charge in [-0.1, -0.05) is 15.9 Å². The summed E-state index contributed by atoms with van der Waals surface area (Å²) >= 11 is 2.48. The average Bonchev–Trinajstić information content (AvgIpc) is 2.59. The molecule has 1 heterocycles. The van der Waals surface area contributed by atoms with Crippen molar-refractivity contribution in [2.75, 3.05) is 0 Å². The molecule has 0 aromatic carbocycles. The summed E-state index contributed by atoms with van der Waals surface area (Å²) in [5.74, 6) is -1.26. The van der Waals surface area contributed by atoms with Gasteiger partial charge in [-0.05, 0) is 6.08 Å². The number of carboxylic acids is 1. The van der Waals surface area contributed by atoms with Crippen LogP contribution in [0.2, 0.25) is 0 Å². The van der Waals surface area contributed by atoms with E-state index in [-0.39, 0.29) is 11.3 Å². The van der Waals surface area contributed by atoms with Crippen molar-refractivity contribution in [3.05, 3.63) is 23.5 Å². The summed E-state index contributed by atoms with van der Waals surface area (Å²) in [6, 6.07) is 0. The van der Waals surface area contributed by atoms with Crippen molar-refractivity contribution in [2.45, 2.75) is 11.0 Å². The largest absolute Gasteiger partial charge is 0.478 e. The van der Waals surface area contributed by atoms with Crippen molar-refractivity contribution < 1.29 is 23.1 Å². The highest BCUT2D eigenvalue weighted by Gasteiger charge is 2.40. The molecule has 0 saturated carbocycles. The van der Waals surface area contributed by atoms with Crippen LogP contribution in [0.5, 0.6) is 0 Å². The molecule has 1 rings (SSSR count). The lowest BCUT2D eigenvalue weighted by Gasteiger charge is -2.12. The highest BCUT2D eigenvalue weighted by Crippen LogP contribution is 2.40. The first-order valence-electron chi connectivity index (χ1n) is 3.98. The number of aliphatic carboxylic acids is 1. The van der Waals surface area contributed by atoms with E-state index in [0.717, 1.165) is 18.3 Å². The van der Waals surface area contributed by atoms with Crippen molar-refractivity contribution in [3.63, 3.8) is 0 Å². The zero-order valence-corrected chi connectivity index (χ0v) is 9.21. The molecule has 0 amide bonds. The summed E-state index contributed by atoms with van der Waals surface area (Å²) in [6.45, 7) is 0. The fourth-order valence-corrected chi connectivity index (χ4v) is 1.34. The zero-order chi connectivity index (χ0) is 12.3. The van der Waals surface area contributed by atoms with Gasteiger partial charge >= 0.3 is 12.1 Å². The molecule has 4 nitrogen and oxygen atoms in total. The molecule has 0 radical (unpaired) electrons. The maximum atomic E-state index is 12.4. The first-order chi connectivity index (χ1) is 7.32. The lowest BCUT2D eigenvalue weighted by molar-refractivity contribution is -0.131. The van der Waals surface area contributed by atoms with E-state index in [4.69, 9.17) is 5.11 Å². The van der Waals surface area contributed by atoms with Gasteiger partial charge in [0, 0.05) is 17.8 Å². The zero-order valence-electron chi connectivity index (χ0n) is 7.62. The van der Waals surface area contributed by atoms with E-state index in [1.54, 1.807) is 0 Å². The van der Waals surface area contributed by atoms with E-state index in [0.29, 0.717) is 0 Å². The number of aromatic nitrogens is 2. The number of nitrogens with one attached hydrogen (secondary N) is 1. The van der Waals surface area contributed by atoms with Gasteiger partial charge in [-0.25, -0.2) is 4.79 Å². The first kappa shape index (κ1) is 12.8. The van der Waals surface area contributed by atoms with E-state index in [1.165, 1.54) is 0 Å². The number of carboxylic acid groups (broad SMARTS) is 1. The number of carbonyl (C=O) groups is 1. The van der Waals surface area contributed by atoms with Crippen molar-refractivity contribution in [1.82, 2.24) is 10.2 Å². The second kappa shape index (κ2) is 4.69. The summed E-state index contributed by atoms with van der Waals surface area (Å²) in [5, 5.41) is 14.1. The van der Waals surface area contributed by atoms with Gasteiger partial charge in [0.2, 0.25) is 0 Å². The fourth-order valence-electron chi connectivity index (χ4n) is 0.973. The molecule has 1 unspecified atom stereocenters. The van der Waals surface area contributed by atoms with Crippen LogP contribution in [0.1, 0.15) is 16.1 Å². The second-order valence-electron chi connectivity index (χ2n) is 2.80. The fraction of sp³-hybridized carbons (Fsp3) is 0.250. The summed E-state index contributed by atoms with van der Waals surface area (Å²) in [4.78, 5) is 8.33. The lowest BCUT2D eigenvalue weighted by atomic mass is 10.1. The number of hydrogen-bond donors (Lipinski definition) is 2. The van der Waals surface area contributed by atoms with Crippen LogP contribution in [0.15, 0.2) is 12.3 Å². The Balaban J connectivity index is 2.99. The smallest absolute Gasteiger partial charge is 0.405 e. The van der Waals surface area contributed by atoms with Crippen molar-refractivity contribution in [1.29, 1.82) is 0 Å². The lowest BCUT2D eigenvalue weighted by Crippen LogP contribution is -2.15. The minimum Gasteiger partial charge on any atom is -0.478 e. The SMILES string of the molecule is O=C(O)/C=C/c1n[nH]cc1C(Br)C(F)(F)F. The minimum absolute atomic E-state index is 0.0680. The predicted octanol–water partition coefficient (Wildman–Crippen LogP) is 2.51. The first-order valence-corrected chi connectivity index (χ1v) is 4.89. The molecule has 8 heteroatoms. The maximum absolute atomic E-state index is 12.4. The van der Waals surface area contributed by atoms with E-state index >= 15 is 0 Å². The monoisotopic (exact) mass is 298 g/mol. The average molecular weight is 299 g/mol. The molecule has 0 aliphatic rings. The molecule has 16 heavy (non-hydrogen) atoms. The van der Waals surface area contributed by atoms with Gasteiger partial charge < -0.3 is 5.11 Å². The Morgan fingerprint density at radius 1 is 1.62 bits per heavy atom. The van der Waals surface area contributed by atoms with Gasteiger partial charge in [0.15, 0.2) is 0 Å². The van der Waals surface area contributed by atoms with Gasteiger partial charge in [0.25, 0.3) is 0 Å². The van der Waals surface area contributed by atoms with E-state index < -0.39 is 17.0 Å². The quantitative estimate of drug-likeness (QED) is 0.665. The number of hydrogen-bond acceptors (Lipinski definition) is 2. The molecule has 88 valence electrons. The van der Waals surface area contributed by atoms with Crippen LogP contribution in [0.3, 0.4) is 0 Å². The molecule has 1 aromatic rings. The summed E-state index contributed by atoms with van der Waals surface area (Å²) in [5.41, 5.74) is -0.230. The molecule has 2 N–H and O–H groups in total. The third kappa shape index (κ3) is 3.09. The van der Waals surface area contributed by atoms with Crippen LogP contribution in [-0.2, 0) is 4.79 Å². The predicted molar refractivity (Wildman–Crippen MR) is 53.0 cm³/mol. The molecule has 0 aliphatic heterocycles. The number of alkyl halides is 4. The van der Waals surface area contributed by atoms with Crippen LogP contribution >= 0.6 is 15.9 Å². The molecular weight excluding hydrogens is 293 g/mol. The Labute approximate surface area is 96.3 Å².